The Balaban J connectivity index is 1.66. The van der Waals surface area contributed by atoms with Crippen molar-refractivity contribution in [1.82, 2.24) is 4.90 Å². The number of nitrogens with one attached hydrogen (secondary N) is 1. The highest BCUT2D eigenvalue weighted by Gasteiger charge is 2.25. The van der Waals surface area contributed by atoms with E-state index in [0.29, 0.717) is 5.92 Å². The van der Waals surface area contributed by atoms with Gasteiger partial charge in [-0.1, -0.05) is 48.0 Å². The monoisotopic (exact) mass is 330 g/mol. The standard InChI is InChI=1S/C18H19ClN2S/c1-13-16(19)8-5-9-17(13)20-18(22)21-11-10-15(12-21)14-6-3-2-4-7-14/h2-9,15H,10-12H2,1H3,(H,20,22)/t15-/m0/s1. The van der Waals surface area contributed by atoms with Gasteiger partial charge in [-0.3, -0.25) is 0 Å². The summed E-state index contributed by atoms with van der Waals surface area (Å²) < 4.78 is 0. The van der Waals surface area contributed by atoms with Gasteiger partial charge >= 0.3 is 0 Å². The summed E-state index contributed by atoms with van der Waals surface area (Å²) in [6.07, 6.45) is 1.14. The second-order valence-electron chi connectivity index (χ2n) is 5.68. The average Bonchev–Trinajstić information content (AvgIpc) is 3.03. The van der Waals surface area contributed by atoms with Crippen LogP contribution in [0.4, 0.5) is 5.69 Å². The first kappa shape index (κ1) is 15.3. The van der Waals surface area contributed by atoms with Crippen LogP contribution in [-0.4, -0.2) is 23.1 Å². The molecule has 0 amide bonds. The molecule has 2 aromatic carbocycles. The third-order valence-electron chi connectivity index (χ3n) is 4.26. The van der Waals surface area contributed by atoms with Crippen LogP contribution in [0.1, 0.15) is 23.5 Å². The summed E-state index contributed by atoms with van der Waals surface area (Å²) >= 11 is 11.7. The third-order valence-corrected chi connectivity index (χ3v) is 5.03. The number of nitrogens with zero attached hydrogens (tertiary/aromatic N) is 1. The average molecular weight is 331 g/mol. The third kappa shape index (κ3) is 3.26. The van der Waals surface area contributed by atoms with Gasteiger partial charge in [-0.05, 0) is 48.8 Å². The van der Waals surface area contributed by atoms with E-state index in [1.165, 1.54) is 5.56 Å². The quantitative estimate of drug-likeness (QED) is 0.794. The van der Waals surface area contributed by atoms with Gasteiger partial charge in [0.15, 0.2) is 5.11 Å². The molecule has 1 heterocycles. The van der Waals surface area contributed by atoms with Gasteiger partial charge in [-0.2, -0.15) is 0 Å². The molecule has 1 N–H and O–H groups in total. The van der Waals surface area contributed by atoms with Crippen LogP contribution < -0.4 is 5.32 Å². The Morgan fingerprint density at radius 3 is 2.73 bits per heavy atom. The molecule has 0 aromatic heterocycles. The highest BCUT2D eigenvalue weighted by molar-refractivity contribution is 7.80. The van der Waals surface area contributed by atoms with E-state index in [0.717, 1.165) is 40.9 Å². The predicted octanol–water partition coefficient (Wildman–Crippen LogP) is 4.83. The van der Waals surface area contributed by atoms with Crippen molar-refractivity contribution in [3.63, 3.8) is 0 Å². The first-order valence-electron chi connectivity index (χ1n) is 7.51. The predicted molar refractivity (Wildman–Crippen MR) is 97.8 cm³/mol. The number of hydrogen-bond acceptors (Lipinski definition) is 1. The van der Waals surface area contributed by atoms with E-state index >= 15 is 0 Å². The maximum Gasteiger partial charge on any atom is 0.173 e. The van der Waals surface area contributed by atoms with Crippen molar-refractivity contribution in [3.8, 4) is 0 Å². The molecule has 1 aliphatic heterocycles. The lowest BCUT2D eigenvalue weighted by Crippen LogP contribution is -2.32. The molecule has 0 bridgehead atoms. The van der Waals surface area contributed by atoms with E-state index in [2.05, 4.69) is 40.5 Å². The number of hydrogen-bond donors (Lipinski definition) is 1. The van der Waals surface area contributed by atoms with E-state index < -0.39 is 0 Å². The van der Waals surface area contributed by atoms with E-state index in [1.54, 1.807) is 0 Å². The van der Waals surface area contributed by atoms with Crippen LogP contribution in [0.15, 0.2) is 48.5 Å². The molecule has 22 heavy (non-hydrogen) atoms. The Morgan fingerprint density at radius 1 is 1.18 bits per heavy atom. The van der Waals surface area contributed by atoms with Crippen LogP contribution in [0.25, 0.3) is 0 Å². The maximum absolute atomic E-state index is 6.16. The van der Waals surface area contributed by atoms with Crippen molar-refractivity contribution >= 4 is 34.6 Å². The number of anilines is 1. The lowest BCUT2D eigenvalue weighted by molar-refractivity contribution is 0.518. The first-order chi connectivity index (χ1) is 10.6. The summed E-state index contributed by atoms with van der Waals surface area (Å²) in [6.45, 7) is 3.96. The van der Waals surface area contributed by atoms with Crippen molar-refractivity contribution in [2.45, 2.75) is 19.3 Å². The van der Waals surface area contributed by atoms with Crippen LogP contribution in [0, 0.1) is 6.92 Å². The largest absolute Gasteiger partial charge is 0.348 e. The van der Waals surface area contributed by atoms with Gasteiger partial charge in [0.25, 0.3) is 0 Å². The smallest absolute Gasteiger partial charge is 0.173 e. The van der Waals surface area contributed by atoms with Crippen molar-refractivity contribution in [2.24, 2.45) is 0 Å². The number of halogens is 1. The number of benzene rings is 2. The van der Waals surface area contributed by atoms with E-state index in [1.807, 2.05) is 25.1 Å². The lowest BCUT2D eigenvalue weighted by Gasteiger charge is -2.21. The Kier molecular flexibility index (Phi) is 4.65. The lowest BCUT2D eigenvalue weighted by atomic mass is 9.99. The van der Waals surface area contributed by atoms with Crippen molar-refractivity contribution in [1.29, 1.82) is 0 Å². The second kappa shape index (κ2) is 6.67. The Labute approximate surface area is 142 Å². The molecule has 1 saturated heterocycles. The number of likely N-dealkylation sites (tertiary alicyclic amines) is 1. The van der Waals surface area contributed by atoms with Gasteiger partial charge in [-0.15, -0.1) is 0 Å². The summed E-state index contributed by atoms with van der Waals surface area (Å²) in [6, 6.07) is 16.5. The summed E-state index contributed by atoms with van der Waals surface area (Å²) in [5.41, 5.74) is 3.41. The molecule has 1 fully saturated rings. The Morgan fingerprint density at radius 2 is 1.95 bits per heavy atom. The molecule has 4 heteroatoms. The fraction of sp³-hybridized carbons (Fsp3) is 0.278. The first-order valence-corrected chi connectivity index (χ1v) is 8.30. The maximum atomic E-state index is 6.16. The molecule has 2 aromatic rings. The van der Waals surface area contributed by atoms with Gasteiger partial charge in [0.1, 0.15) is 0 Å². The molecule has 114 valence electrons. The van der Waals surface area contributed by atoms with Crippen LogP contribution in [0.3, 0.4) is 0 Å². The minimum absolute atomic E-state index is 0.557. The molecule has 3 rings (SSSR count). The minimum atomic E-state index is 0.557. The molecular formula is C18H19ClN2S. The molecule has 0 spiro atoms. The molecule has 1 atom stereocenters. The van der Waals surface area contributed by atoms with E-state index in [4.69, 9.17) is 23.8 Å². The van der Waals surface area contributed by atoms with Gasteiger partial charge in [0.2, 0.25) is 0 Å². The fourth-order valence-corrected chi connectivity index (χ4v) is 3.33. The molecule has 0 aliphatic carbocycles. The van der Waals surface area contributed by atoms with E-state index in [9.17, 15) is 0 Å². The SMILES string of the molecule is Cc1c(Cl)cccc1NC(=S)N1CC[C@H](c2ccccc2)C1. The minimum Gasteiger partial charge on any atom is -0.348 e. The van der Waals surface area contributed by atoms with Crippen LogP contribution in [-0.2, 0) is 0 Å². The highest BCUT2D eigenvalue weighted by Crippen LogP contribution is 2.28. The Hall–Kier alpha value is -1.58. The van der Waals surface area contributed by atoms with Gasteiger partial charge in [0.05, 0.1) is 0 Å². The topological polar surface area (TPSA) is 15.3 Å². The highest BCUT2D eigenvalue weighted by atomic mass is 35.5. The number of rotatable bonds is 2. The van der Waals surface area contributed by atoms with Crippen molar-refractivity contribution in [2.75, 3.05) is 18.4 Å². The second-order valence-corrected chi connectivity index (χ2v) is 6.48. The fourth-order valence-electron chi connectivity index (χ4n) is 2.88. The normalized spacial score (nSPS) is 17.5. The molecular weight excluding hydrogens is 312 g/mol. The summed E-state index contributed by atoms with van der Waals surface area (Å²) in [7, 11) is 0. The summed E-state index contributed by atoms with van der Waals surface area (Å²) in [4.78, 5) is 2.24. The number of thiocarbonyl (C=S) groups is 1. The zero-order valence-corrected chi connectivity index (χ0v) is 14.1. The van der Waals surface area contributed by atoms with Crippen LogP contribution in [0.5, 0.6) is 0 Å². The van der Waals surface area contributed by atoms with E-state index in [-0.39, 0.29) is 0 Å². The molecule has 0 saturated carbocycles. The van der Waals surface area contributed by atoms with Crippen LogP contribution >= 0.6 is 23.8 Å². The van der Waals surface area contributed by atoms with Crippen LogP contribution in [0.2, 0.25) is 5.02 Å². The Bertz CT molecular complexity index is 672. The summed E-state index contributed by atoms with van der Waals surface area (Å²) in [5.74, 6) is 0.557. The molecule has 0 unspecified atom stereocenters. The molecule has 0 radical (unpaired) electrons. The zero-order chi connectivity index (χ0) is 15.5. The summed E-state index contributed by atoms with van der Waals surface area (Å²) in [5, 5.41) is 4.88. The van der Waals surface area contributed by atoms with Crippen molar-refractivity contribution < 1.29 is 0 Å². The molecule has 1 aliphatic rings. The van der Waals surface area contributed by atoms with Gasteiger partial charge in [0, 0.05) is 29.7 Å². The zero-order valence-electron chi connectivity index (χ0n) is 12.6. The van der Waals surface area contributed by atoms with Gasteiger partial charge < -0.3 is 10.2 Å². The molecule has 2 nitrogen and oxygen atoms in total. The van der Waals surface area contributed by atoms with Crippen molar-refractivity contribution in [3.05, 3.63) is 64.7 Å². The van der Waals surface area contributed by atoms with Gasteiger partial charge in [-0.25, -0.2) is 0 Å².